The van der Waals surface area contributed by atoms with Crippen LogP contribution in [-0.4, -0.2) is 275 Å². The average molecular weight is 897 g/mol. The minimum atomic E-state index is -2.17. The fourth-order valence-corrected chi connectivity index (χ4v) is 7.48. The summed E-state index contributed by atoms with van der Waals surface area (Å²) in [5.41, 5.74) is 0. The maximum Gasteiger partial charge on any atom is 0.187 e. The smallest absolute Gasteiger partial charge is 0.187 e. The predicted molar refractivity (Wildman–Crippen MR) is 185 cm³/mol. The van der Waals surface area contributed by atoms with E-state index in [9.17, 15) is 86.2 Å². The Bertz CT molecular complexity index is 1380. The monoisotopic (exact) mass is 896 g/mol. The molecule has 1 unspecified atom stereocenters. The van der Waals surface area contributed by atoms with Crippen molar-refractivity contribution in [1.82, 2.24) is 0 Å². The van der Waals surface area contributed by atoms with Crippen molar-refractivity contribution in [2.75, 3.05) is 33.0 Å². The highest BCUT2D eigenvalue weighted by Crippen LogP contribution is 2.36. The second kappa shape index (κ2) is 22.0. The van der Waals surface area contributed by atoms with Gasteiger partial charge in [-0.05, 0) is 6.92 Å². The van der Waals surface area contributed by atoms with E-state index < -0.39 is 180 Å². The first-order valence-electron chi connectivity index (χ1n) is 19.3. The molecule has 0 radical (unpaired) electrons. The lowest BCUT2D eigenvalue weighted by Gasteiger charge is -2.50. The van der Waals surface area contributed by atoms with Crippen molar-refractivity contribution in [3.05, 3.63) is 0 Å². The summed E-state index contributed by atoms with van der Waals surface area (Å²) in [5, 5.41) is 158. The number of hydrogen-bond acceptors (Lipinski definition) is 27. The Labute approximate surface area is 345 Å². The van der Waals surface area contributed by atoms with Crippen LogP contribution in [-0.2, 0) is 57.0 Å². The van der Waals surface area contributed by atoms with Crippen LogP contribution >= 0.6 is 0 Å². The molecule has 5 aliphatic heterocycles. The number of fused-ring (bicyclic) bond motifs is 1. The molecule has 0 spiro atoms. The standard InChI is InChI=1S/C34H56O27/c1-9(40)2-16-52-8-15-30(57-16)21(47)25(51)34(56-15)61-29-14(7-39)55-33(24(50)20(29)46)60-28-13(6-38)54-32(23(49)19(28)45)59-27-12(5-37)53-31(22(48)18(27)44)58-26(11(42)4-36)17(43)10(41)3-35/h3,10-34,36-39,41-51H,2,4-8H2,1H3/t10-,11+,12+,13+,14+,15+,16?,17+,18+,19+,20+,21+,22+,23+,24+,25+,26+,27+,28+,29+,30+,31+,32+,33+,34+/m0/s1. The summed E-state index contributed by atoms with van der Waals surface area (Å²) in [6.07, 6.45) is -45.6. The normalized spacial score (nSPS) is 46.5. The molecular weight excluding hydrogens is 840 g/mol. The van der Waals surface area contributed by atoms with Gasteiger partial charge in [0.05, 0.1) is 39.5 Å². The molecule has 5 fully saturated rings. The number of ether oxygens (including phenoxy) is 10. The van der Waals surface area contributed by atoms with Crippen LogP contribution in [0.4, 0.5) is 0 Å². The molecule has 354 valence electrons. The van der Waals surface area contributed by atoms with E-state index in [1.54, 1.807) is 0 Å². The number of carbonyl (C=O) groups excluding carboxylic acids is 2. The van der Waals surface area contributed by atoms with Crippen molar-refractivity contribution in [3.8, 4) is 0 Å². The van der Waals surface area contributed by atoms with Crippen LogP contribution in [0.1, 0.15) is 13.3 Å². The van der Waals surface area contributed by atoms with Crippen LogP contribution < -0.4 is 0 Å². The second-order valence-electron chi connectivity index (χ2n) is 15.2. The highest BCUT2D eigenvalue weighted by molar-refractivity contribution is 5.75. The van der Waals surface area contributed by atoms with Crippen molar-refractivity contribution >= 4 is 12.1 Å². The molecule has 15 N–H and O–H groups in total. The second-order valence-corrected chi connectivity index (χ2v) is 15.2. The molecule has 0 bridgehead atoms. The summed E-state index contributed by atoms with van der Waals surface area (Å²) in [6, 6.07) is 0. The topological polar surface area (TPSA) is 430 Å². The van der Waals surface area contributed by atoms with Gasteiger partial charge in [0.2, 0.25) is 0 Å². The molecule has 0 aromatic heterocycles. The molecule has 0 saturated carbocycles. The van der Waals surface area contributed by atoms with E-state index in [1.165, 1.54) is 6.92 Å². The molecule has 61 heavy (non-hydrogen) atoms. The van der Waals surface area contributed by atoms with E-state index in [1.807, 2.05) is 0 Å². The molecule has 5 aliphatic rings. The molecular formula is C34H56O27. The molecule has 0 amide bonds. The number of carbonyl (C=O) groups is 2. The summed E-state index contributed by atoms with van der Waals surface area (Å²) in [6.45, 7) is -2.87. The maximum atomic E-state index is 11.5. The van der Waals surface area contributed by atoms with Crippen LogP contribution in [0.2, 0.25) is 0 Å². The van der Waals surface area contributed by atoms with Crippen molar-refractivity contribution in [1.29, 1.82) is 0 Å². The number of hydrogen-bond donors (Lipinski definition) is 15. The zero-order chi connectivity index (χ0) is 45.0. The summed E-state index contributed by atoms with van der Waals surface area (Å²) >= 11 is 0. The highest BCUT2D eigenvalue weighted by Gasteiger charge is 2.56. The first-order valence-corrected chi connectivity index (χ1v) is 19.3. The zero-order valence-corrected chi connectivity index (χ0v) is 32.4. The van der Waals surface area contributed by atoms with Crippen molar-refractivity contribution in [2.24, 2.45) is 0 Å². The van der Waals surface area contributed by atoms with Crippen molar-refractivity contribution < 1.29 is 134 Å². The van der Waals surface area contributed by atoms with E-state index >= 15 is 0 Å². The van der Waals surface area contributed by atoms with Gasteiger partial charge >= 0.3 is 0 Å². The highest BCUT2D eigenvalue weighted by atomic mass is 16.8. The summed E-state index contributed by atoms with van der Waals surface area (Å²) < 4.78 is 55.6. The third kappa shape index (κ3) is 11.1. The fourth-order valence-electron chi connectivity index (χ4n) is 7.48. The first-order chi connectivity index (χ1) is 28.9. The number of aliphatic hydroxyl groups excluding tert-OH is 15. The fraction of sp³-hybridized carbons (Fsp3) is 0.941. The molecule has 27 heteroatoms. The van der Waals surface area contributed by atoms with E-state index in [4.69, 9.17) is 47.4 Å². The Balaban J connectivity index is 1.21. The molecule has 0 aromatic rings. The summed E-state index contributed by atoms with van der Waals surface area (Å²) in [5.74, 6) is -0.257. The molecule has 0 aromatic carbocycles. The average Bonchev–Trinajstić information content (AvgIpc) is 3.24. The quantitative estimate of drug-likeness (QED) is 0.0568. The van der Waals surface area contributed by atoms with Gasteiger partial charge in [0.1, 0.15) is 128 Å². The van der Waals surface area contributed by atoms with Gasteiger partial charge in [-0.2, -0.15) is 0 Å². The number of aldehydes is 1. The molecule has 25 atom stereocenters. The minimum Gasteiger partial charge on any atom is -0.394 e. The van der Waals surface area contributed by atoms with Gasteiger partial charge in [0.15, 0.2) is 37.7 Å². The van der Waals surface area contributed by atoms with Gasteiger partial charge in [-0.25, -0.2) is 0 Å². The minimum absolute atomic E-state index is 0.108. The summed E-state index contributed by atoms with van der Waals surface area (Å²) in [7, 11) is 0. The lowest BCUT2D eigenvalue weighted by atomic mass is 9.95. The Morgan fingerprint density at radius 2 is 1.05 bits per heavy atom. The molecule has 27 nitrogen and oxygen atoms in total. The van der Waals surface area contributed by atoms with Crippen LogP contribution in [0.25, 0.3) is 0 Å². The predicted octanol–water partition coefficient (Wildman–Crippen LogP) is -10.7. The SMILES string of the molecule is CC(=O)CC1OC[C@H]2O[C@H](O[C@H]3[C@H](O)[C@@H](O)[C@@H](O[C@H]4[C@H](O)[C@@H](O)[C@@H](O[C@H]5[C@H](O)[C@@H](O)[C@@H](O[C@@H]([C@H](O)[C@@H](O)C=O)[C@H](O)CO)O[C@@H]5CO)O[C@@H]4CO)O[C@@H]3CO)[C@H](O)[C@@H](O)[C@@H]2O1. The Morgan fingerprint density at radius 1 is 0.623 bits per heavy atom. The van der Waals surface area contributed by atoms with Crippen LogP contribution in [0.5, 0.6) is 0 Å². The number of aliphatic hydroxyl groups is 15. The van der Waals surface area contributed by atoms with Gasteiger partial charge in [-0.1, -0.05) is 0 Å². The summed E-state index contributed by atoms with van der Waals surface area (Å²) in [4.78, 5) is 22.5. The molecule has 5 heterocycles. The van der Waals surface area contributed by atoms with Crippen LogP contribution in [0, 0.1) is 0 Å². The van der Waals surface area contributed by atoms with Gasteiger partial charge in [-0.15, -0.1) is 0 Å². The van der Waals surface area contributed by atoms with Gasteiger partial charge in [-0.3, -0.25) is 4.79 Å². The number of ketones is 1. The third-order valence-corrected chi connectivity index (χ3v) is 10.9. The van der Waals surface area contributed by atoms with Crippen LogP contribution in [0.15, 0.2) is 0 Å². The molecule has 5 rings (SSSR count). The lowest BCUT2D eigenvalue weighted by Crippen LogP contribution is -2.68. The van der Waals surface area contributed by atoms with E-state index in [0.717, 1.165) is 0 Å². The Morgan fingerprint density at radius 3 is 1.48 bits per heavy atom. The zero-order valence-electron chi connectivity index (χ0n) is 32.4. The van der Waals surface area contributed by atoms with Gasteiger partial charge < -0.3 is 129 Å². The van der Waals surface area contributed by atoms with Gasteiger partial charge in [0.25, 0.3) is 0 Å². The van der Waals surface area contributed by atoms with Gasteiger partial charge in [0, 0.05) is 0 Å². The number of rotatable bonds is 18. The maximum absolute atomic E-state index is 11.5. The van der Waals surface area contributed by atoms with E-state index in [-0.39, 0.29) is 25.1 Å². The van der Waals surface area contributed by atoms with Crippen molar-refractivity contribution in [3.63, 3.8) is 0 Å². The molecule has 0 aliphatic carbocycles. The largest absolute Gasteiger partial charge is 0.394 e. The van der Waals surface area contributed by atoms with E-state index in [0.29, 0.717) is 0 Å². The Hall–Kier alpha value is -1.66. The lowest BCUT2D eigenvalue weighted by molar-refractivity contribution is -0.397. The van der Waals surface area contributed by atoms with Crippen LogP contribution in [0.3, 0.4) is 0 Å². The van der Waals surface area contributed by atoms with E-state index in [2.05, 4.69) is 0 Å². The number of Topliss-reactive ketones (excluding diaryl/α,β-unsaturated/α-hetero) is 1. The Kier molecular flexibility index (Phi) is 18.2. The van der Waals surface area contributed by atoms with Crippen molar-refractivity contribution in [2.45, 2.75) is 167 Å². The first kappa shape index (κ1) is 50.3. The molecule has 5 saturated heterocycles. The third-order valence-electron chi connectivity index (χ3n) is 10.9.